The molecular formula is C103H141BrClF9N12O19S3. The maximum absolute atomic E-state index is 13.4. The number of alkyl halides is 9. The standard InChI is InChI=1S/C34H45F3N4O6S.C31H41F3N4O6S.C18H26F3N3O3S.C16H20BrNO3.C4H8O.ClH/c1-32(2)46-23-27(47-32)22-45-20-19-40-16-11-28-25(4-3-5-29(28)40)12-21-48(43,44)41-17-14-33(15-18-41)31(42)38-30(39-33)26-8-6-24(7-9-26)10-13-34(35,36)37;32-31(33,34)11-8-22-4-6-24(7-5-22)28-35-29(41)30(36-28)12-15-38(16-13-30)45(42,43)19-10-23-2-1-3-27-26(23)9-14-37(27)17-18-44-21-25(40)20-39;1-2-28(26,27)24-11-9-17(10-12-24)16(25)22-15(23-17)14-5-3-13(4-6-14)7-8-18(19,20)21;1-16(2)20-11-12(21-16)10-19-9-8-18-7-6-13-14(17)4-3-5-15(13)18;1-2-4-5-3-1;/h3-5,11-12,16,21,24,26-27H,6-10,13-15,17-20,22-23H2,1-2H3,(H,38,39,42);1-3,9-10,14,19,22,24-25,39-40H,4-8,11-13,15-18,20-21H2,(H,35,36,41);2,13-14H,1,3-12H2,(H,22,23,25);3-7,12H,8-11H2,1-2H3;1-4H2;1H/b21-12+;19-10+;;;;/t24?,26?,27-;22?,24?,25-;;12-;;/m10.1../s1. The number of carbonyl (C=O) groups is 3. The van der Waals surface area contributed by atoms with E-state index in [0.29, 0.717) is 167 Å². The molecular weight excluding hydrogens is 2090 g/mol. The summed E-state index contributed by atoms with van der Waals surface area (Å²) in [5.41, 5.74) is 1.67. The Labute approximate surface area is 874 Å². The zero-order valence-electron chi connectivity index (χ0n) is 84.2. The molecule has 9 fully saturated rings. The van der Waals surface area contributed by atoms with E-state index in [9.17, 15) is 84.3 Å². The number of benzene rings is 3. The van der Waals surface area contributed by atoms with Crippen molar-refractivity contribution >= 4 is 138 Å². The van der Waals surface area contributed by atoms with Gasteiger partial charge in [-0.15, -0.1) is 12.4 Å². The fraction of sp³-hybridized carbons (Fsp3) is 0.650. The fourth-order valence-corrected chi connectivity index (χ4v) is 25.1. The van der Waals surface area contributed by atoms with Crippen LogP contribution in [0.15, 0.2) is 134 Å². The molecule has 12 heterocycles. The number of halogens is 11. The minimum absolute atomic E-state index is 0. The van der Waals surface area contributed by atoms with Gasteiger partial charge in [0.1, 0.15) is 52.4 Å². The third kappa shape index (κ3) is 32.1. The number of aliphatic hydroxyl groups excluding tert-OH is 2. The van der Waals surface area contributed by atoms with Gasteiger partial charge in [0.15, 0.2) is 11.6 Å². The highest BCUT2D eigenvalue weighted by Crippen LogP contribution is 2.45. The molecule has 0 radical (unpaired) electrons. The van der Waals surface area contributed by atoms with Crippen LogP contribution in [0, 0.1) is 35.5 Å². The van der Waals surface area contributed by atoms with Crippen molar-refractivity contribution in [3.05, 3.63) is 130 Å². The molecule has 3 atom stereocenters. The second kappa shape index (κ2) is 51.2. The monoisotopic (exact) mass is 2230 g/mol. The van der Waals surface area contributed by atoms with Crippen molar-refractivity contribution in [2.24, 2.45) is 50.5 Å². The van der Waals surface area contributed by atoms with Gasteiger partial charge in [0.2, 0.25) is 30.1 Å². The van der Waals surface area contributed by atoms with Crippen LogP contribution in [0.5, 0.6) is 0 Å². The molecule has 3 aliphatic carbocycles. The summed E-state index contributed by atoms with van der Waals surface area (Å²) in [7, 11) is -11.0. The summed E-state index contributed by atoms with van der Waals surface area (Å²) >= 11 is 3.57. The second-order valence-electron chi connectivity index (χ2n) is 41.2. The molecule has 3 aromatic carbocycles. The highest BCUT2D eigenvalue weighted by atomic mass is 79.9. The molecule has 0 unspecified atom stereocenters. The van der Waals surface area contributed by atoms with Crippen molar-refractivity contribution < 1.29 is 127 Å². The Morgan fingerprint density at radius 3 is 1.11 bits per heavy atom. The summed E-state index contributed by atoms with van der Waals surface area (Å²) in [6.45, 7) is 19.2. The SMILES string of the molecule is C1CCOC1.C=CS(=O)(=O)N1CCC2(CC1)N=C(C1CCC(CCC(F)(F)F)CC1)NC2=O.CC1(C)OC[C@@H](COCCn2ccc3c(/C=C/S(=O)(=O)N4CCC5(CC4)N=C(C4CCC(CCC(F)(F)F)CC4)NC5=O)cccc32)O1.CC1(C)OC[C@@H](COCCn2ccc3c(Br)cccc32)O1.Cl.O=C1NC(C2CCC(CCC(F)(F)F)CC2)=NC12CCN(S(=O)(=O)/C=C/c1cccc3c1ccn3CCOC[C@@H](O)CO)CC2. The number of hydrogen-bond donors (Lipinski definition) is 5. The van der Waals surface area contributed by atoms with E-state index >= 15 is 0 Å². The fourth-order valence-electron chi connectivity index (χ4n) is 21.4. The minimum Gasteiger partial charge on any atom is -0.394 e. The summed E-state index contributed by atoms with van der Waals surface area (Å²) < 4.78 is 246. The van der Waals surface area contributed by atoms with Crippen molar-refractivity contribution in [2.75, 3.05) is 112 Å². The number of nitrogens with one attached hydrogen (secondary N) is 3. The third-order valence-corrected chi connectivity index (χ3v) is 35.3. The Bertz CT molecular complexity index is 5980. The first-order chi connectivity index (χ1) is 69.7. The number of carbonyl (C=O) groups excluding carboxylic acids is 3. The lowest BCUT2D eigenvalue weighted by Gasteiger charge is -2.34. The van der Waals surface area contributed by atoms with Gasteiger partial charge in [-0.05, 0) is 259 Å². The van der Waals surface area contributed by atoms with Crippen LogP contribution in [0.2, 0.25) is 0 Å². The number of rotatable bonds is 33. The van der Waals surface area contributed by atoms with Gasteiger partial charge in [-0.1, -0.05) is 52.8 Å². The van der Waals surface area contributed by atoms with Gasteiger partial charge < -0.3 is 77.8 Å². The molecule has 9 aliphatic heterocycles. The van der Waals surface area contributed by atoms with Gasteiger partial charge in [-0.2, -0.15) is 52.4 Å². The number of ether oxygens (including phenoxy) is 8. The third-order valence-electron chi connectivity index (χ3n) is 30.0. The zero-order valence-corrected chi connectivity index (χ0v) is 89.1. The number of amidine groups is 3. The number of sulfonamides is 3. The molecule has 6 aromatic rings. The minimum atomic E-state index is -4.14. The number of fused-ring (bicyclic) bond motifs is 3. The maximum Gasteiger partial charge on any atom is 0.389 e. The van der Waals surface area contributed by atoms with Crippen LogP contribution in [-0.4, -0.2) is 274 Å². The number of hydrogen-bond acceptors (Lipinski definition) is 22. The highest BCUT2D eigenvalue weighted by Gasteiger charge is 2.53. The van der Waals surface area contributed by atoms with E-state index in [1.807, 2.05) is 93.2 Å². The van der Waals surface area contributed by atoms with Crippen molar-refractivity contribution in [1.82, 2.24) is 42.6 Å². The van der Waals surface area contributed by atoms with Gasteiger partial charge in [-0.25, -0.2) is 25.3 Å². The molecule has 822 valence electrons. The van der Waals surface area contributed by atoms with Crippen LogP contribution in [0.25, 0.3) is 44.9 Å². The molecule has 45 heteroatoms. The number of aliphatic hydroxyl groups is 2. The first-order valence-corrected chi connectivity index (χ1v) is 56.6. The lowest BCUT2D eigenvalue weighted by atomic mass is 9.79. The van der Waals surface area contributed by atoms with E-state index < -0.39 is 102 Å². The summed E-state index contributed by atoms with van der Waals surface area (Å²) in [6.07, 6.45) is 6.46. The number of nitrogens with zero attached hydrogens (tertiary/aromatic N) is 9. The molecule has 0 bridgehead atoms. The zero-order chi connectivity index (χ0) is 105. The number of aliphatic imine (C=N–C) groups is 3. The average Bonchev–Trinajstić information content (AvgIpc) is 1.61. The Morgan fingerprint density at radius 1 is 0.480 bits per heavy atom. The number of aromatic nitrogens is 3. The van der Waals surface area contributed by atoms with E-state index in [0.717, 1.165) is 62.6 Å². The highest BCUT2D eigenvalue weighted by molar-refractivity contribution is 9.10. The first-order valence-electron chi connectivity index (χ1n) is 51.3. The smallest absolute Gasteiger partial charge is 0.389 e. The van der Waals surface area contributed by atoms with Crippen molar-refractivity contribution in [3.63, 3.8) is 0 Å². The van der Waals surface area contributed by atoms with Gasteiger partial charge in [0.05, 0.1) is 59.5 Å². The van der Waals surface area contributed by atoms with Gasteiger partial charge in [0.25, 0.3) is 17.7 Å². The number of piperidine rings is 3. The lowest BCUT2D eigenvalue weighted by Crippen LogP contribution is -2.50. The Balaban J connectivity index is 0.000000168. The molecule has 3 saturated carbocycles. The molecule has 18 rings (SSSR count). The predicted molar refractivity (Wildman–Crippen MR) is 551 cm³/mol. The number of amides is 3. The van der Waals surface area contributed by atoms with Gasteiger partial charge >= 0.3 is 18.5 Å². The second-order valence-corrected chi connectivity index (χ2v) is 47.6. The molecule has 31 nitrogen and oxygen atoms in total. The van der Waals surface area contributed by atoms with Crippen LogP contribution in [0.4, 0.5) is 39.5 Å². The summed E-state index contributed by atoms with van der Waals surface area (Å²) in [4.78, 5) is 52.9. The van der Waals surface area contributed by atoms with Gasteiger partial charge in [0, 0.05) is 181 Å². The molecule has 3 amide bonds. The molecule has 12 aliphatic rings. The van der Waals surface area contributed by atoms with Gasteiger partial charge in [-0.3, -0.25) is 29.4 Å². The van der Waals surface area contributed by atoms with Crippen LogP contribution in [0.1, 0.15) is 206 Å². The molecule has 148 heavy (non-hydrogen) atoms. The van der Waals surface area contributed by atoms with Crippen LogP contribution in [0.3, 0.4) is 0 Å². The Kier molecular flexibility index (Phi) is 40.6. The van der Waals surface area contributed by atoms with E-state index in [4.69, 9.17) is 53.0 Å². The lowest BCUT2D eigenvalue weighted by molar-refractivity contribution is -0.145. The Morgan fingerprint density at radius 2 is 0.804 bits per heavy atom. The summed E-state index contributed by atoms with van der Waals surface area (Å²) in [6, 6.07) is 23.6. The predicted octanol–water partition coefficient (Wildman–Crippen LogP) is 17.2. The van der Waals surface area contributed by atoms with Crippen molar-refractivity contribution in [1.29, 1.82) is 0 Å². The normalized spacial score (nSPS) is 25.0. The molecule has 6 saturated heterocycles. The maximum atomic E-state index is 13.4. The topological polar surface area (TPSA) is 366 Å². The van der Waals surface area contributed by atoms with Crippen LogP contribution < -0.4 is 16.0 Å². The summed E-state index contributed by atoms with van der Waals surface area (Å²) in [5.74, 6) is 0.341. The largest absolute Gasteiger partial charge is 0.394 e. The van der Waals surface area contributed by atoms with Crippen molar-refractivity contribution in [3.8, 4) is 0 Å². The van der Waals surface area contributed by atoms with Crippen LogP contribution in [-0.2, 0) is 102 Å². The molecule has 3 spiro atoms. The summed E-state index contributed by atoms with van der Waals surface area (Å²) in [5, 5.41) is 33.4. The first kappa shape index (κ1) is 117. The van der Waals surface area contributed by atoms with Crippen molar-refractivity contribution in [2.45, 2.75) is 279 Å². The molecule has 3 aromatic heterocycles. The quantitative estimate of drug-likeness (QED) is 0.0189. The van der Waals surface area contributed by atoms with E-state index in [1.165, 1.54) is 47.5 Å². The molecule has 5 N–H and O–H groups in total. The van der Waals surface area contributed by atoms with Crippen LogP contribution >= 0.6 is 28.3 Å². The average molecular weight is 2230 g/mol. The Hall–Kier alpha value is -7.61. The van der Waals surface area contributed by atoms with E-state index in [1.54, 1.807) is 12.2 Å². The van der Waals surface area contributed by atoms with E-state index in [-0.39, 0.29) is 175 Å². The van der Waals surface area contributed by atoms with E-state index in [2.05, 4.69) is 83.0 Å².